The van der Waals surface area contributed by atoms with E-state index in [2.05, 4.69) is 24.1 Å². The first kappa shape index (κ1) is 10.9. The van der Waals surface area contributed by atoms with Crippen molar-refractivity contribution in [2.24, 2.45) is 5.41 Å². The number of piperidine rings is 1. The van der Waals surface area contributed by atoms with Crippen molar-refractivity contribution in [3.63, 3.8) is 0 Å². The first-order chi connectivity index (χ1) is 7.13. The predicted molar refractivity (Wildman–Crippen MR) is 60.6 cm³/mol. The molecule has 2 heterocycles. The number of nitrogens with zero attached hydrogens (tertiary/aromatic N) is 1. The van der Waals surface area contributed by atoms with Crippen LogP contribution >= 0.6 is 0 Å². The minimum atomic E-state index is -0.142. The molecule has 2 rings (SSSR count). The van der Waals surface area contributed by atoms with Crippen molar-refractivity contribution in [2.75, 3.05) is 19.6 Å². The van der Waals surface area contributed by atoms with E-state index in [0.717, 1.165) is 32.5 Å². The third-order valence-corrected chi connectivity index (χ3v) is 3.93. The molecule has 15 heavy (non-hydrogen) atoms. The lowest BCUT2D eigenvalue weighted by Crippen LogP contribution is -2.51. The molecule has 0 aliphatic carbocycles. The number of rotatable bonds is 1. The average molecular weight is 210 g/mol. The Morgan fingerprint density at radius 3 is 2.80 bits per heavy atom. The highest BCUT2D eigenvalue weighted by atomic mass is 16.2. The third-order valence-electron chi connectivity index (χ3n) is 3.93. The Kier molecular flexibility index (Phi) is 3.01. The predicted octanol–water partition coefficient (Wildman–Crippen LogP) is 1.39. The van der Waals surface area contributed by atoms with Crippen molar-refractivity contribution in [1.29, 1.82) is 0 Å². The SMILES string of the molecule is CC1CCCN1C(=O)C1(C)CCCNC1. The summed E-state index contributed by atoms with van der Waals surface area (Å²) in [6, 6.07) is 0.455. The van der Waals surface area contributed by atoms with E-state index in [0.29, 0.717) is 11.9 Å². The minimum Gasteiger partial charge on any atom is -0.339 e. The molecule has 2 aliphatic rings. The average Bonchev–Trinajstić information content (AvgIpc) is 2.64. The second kappa shape index (κ2) is 4.12. The van der Waals surface area contributed by atoms with Crippen LogP contribution in [0.1, 0.15) is 39.5 Å². The fourth-order valence-electron chi connectivity index (χ4n) is 2.82. The molecule has 0 spiro atoms. The number of hydrogen-bond acceptors (Lipinski definition) is 2. The van der Waals surface area contributed by atoms with Crippen LogP contribution in [0.3, 0.4) is 0 Å². The van der Waals surface area contributed by atoms with Gasteiger partial charge in [-0.05, 0) is 46.1 Å². The topological polar surface area (TPSA) is 32.3 Å². The minimum absolute atomic E-state index is 0.142. The van der Waals surface area contributed by atoms with Gasteiger partial charge in [0.1, 0.15) is 0 Å². The summed E-state index contributed by atoms with van der Waals surface area (Å²) < 4.78 is 0. The number of nitrogens with one attached hydrogen (secondary N) is 1. The number of carbonyl (C=O) groups is 1. The smallest absolute Gasteiger partial charge is 0.230 e. The van der Waals surface area contributed by atoms with Gasteiger partial charge in [-0.3, -0.25) is 4.79 Å². The summed E-state index contributed by atoms with van der Waals surface area (Å²) in [6.07, 6.45) is 4.53. The quantitative estimate of drug-likeness (QED) is 0.709. The summed E-state index contributed by atoms with van der Waals surface area (Å²) in [6.45, 7) is 7.18. The van der Waals surface area contributed by atoms with Gasteiger partial charge in [0, 0.05) is 19.1 Å². The fourth-order valence-corrected chi connectivity index (χ4v) is 2.82. The first-order valence-corrected chi connectivity index (χ1v) is 6.15. The van der Waals surface area contributed by atoms with Crippen molar-refractivity contribution in [1.82, 2.24) is 10.2 Å². The highest BCUT2D eigenvalue weighted by molar-refractivity contribution is 5.83. The first-order valence-electron chi connectivity index (χ1n) is 6.15. The van der Waals surface area contributed by atoms with Crippen molar-refractivity contribution in [2.45, 2.75) is 45.6 Å². The van der Waals surface area contributed by atoms with Gasteiger partial charge in [-0.15, -0.1) is 0 Å². The molecular formula is C12H22N2O. The van der Waals surface area contributed by atoms with Crippen molar-refractivity contribution in [3.8, 4) is 0 Å². The maximum absolute atomic E-state index is 12.4. The van der Waals surface area contributed by atoms with Crippen LogP contribution in [0.4, 0.5) is 0 Å². The van der Waals surface area contributed by atoms with Crippen molar-refractivity contribution < 1.29 is 4.79 Å². The van der Waals surface area contributed by atoms with Crippen LogP contribution in [0.5, 0.6) is 0 Å². The molecule has 0 aromatic carbocycles. The van der Waals surface area contributed by atoms with Crippen LogP contribution in [0, 0.1) is 5.41 Å². The zero-order valence-corrected chi connectivity index (χ0v) is 9.88. The maximum atomic E-state index is 12.4. The van der Waals surface area contributed by atoms with Crippen molar-refractivity contribution >= 4 is 5.91 Å². The standard InChI is InChI=1S/C12H22N2O/c1-10-5-3-8-14(10)11(15)12(2)6-4-7-13-9-12/h10,13H,3-9H2,1-2H3. The molecule has 2 aliphatic heterocycles. The van der Waals surface area contributed by atoms with E-state index in [1.807, 2.05) is 0 Å². The molecule has 86 valence electrons. The summed E-state index contributed by atoms with van der Waals surface area (Å²) >= 11 is 0. The van der Waals surface area contributed by atoms with Crippen LogP contribution in [0.2, 0.25) is 0 Å². The Hall–Kier alpha value is -0.570. The highest BCUT2D eigenvalue weighted by Crippen LogP contribution is 2.31. The number of likely N-dealkylation sites (tertiary alicyclic amines) is 1. The second-order valence-corrected chi connectivity index (χ2v) is 5.33. The second-order valence-electron chi connectivity index (χ2n) is 5.33. The molecule has 0 aromatic rings. The zero-order chi connectivity index (χ0) is 10.9. The molecule has 3 heteroatoms. The van der Waals surface area contributed by atoms with Crippen LogP contribution in [-0.4, -0.2) is 36.5 Å². The molecule has 1 N–H and O–H groups in total. The van der Waals surface area contributed by atoms with E-state index in [1.165, 1.54) is 12.8 Å². The molecule has 1 amide bonds. The summed E-state index contributed by atoms with van der Waals surface area (Å²) in [5.74, 6) is 0.375. The van der Waals surface area contributed by atoms with E-state index >= 15 is 0 Å². The molecule has 0 bridgehead atoms. The Balaban J connectivity index is 2.05. The third kappa shape index (κ3) is 2.03. The Morgan fingerprint density at radius 2 is 2.27 bits per heavy atom. The van der Waals surface area contributed by atoms with Gasteiger partial charge in [0.25, 0.3) is 0 Å². The van der Waals surface area contributed by atoms with Gasteiger partial charge in [0.2, 0.25) is 5.91 Å². The van der Waals surface area contributed by atoms with Crippen molar-refractivity contribution in [3.05, 3.63) is 0 Å². The van der Waals surface area contributed by atoms with Gasteiger partial charge < -0.3 is 10.2 Å². The van der Waals surface area contributed by atoms with Crippen LogP contribution in [0.25, 0.3) is 0 Å². The lowest BCUT2D eigenvalue weighted by Gasteiger charge is -2.37. The molecule has 2 unspecified atom stereocenters. The van der Waals surface area contributed by atoms with Crippen LogP contribution in [-0.2, 0) is 4.79 Å². The molecular weight excluding hydrogens is 188 g/mol. The summed E-state index contributed by atoms with van der Waals surface area (Å²) in [5, 5.41) is 3.35. The molecule has 3 nitrogen and oxygen atoms in total. The number of hydrogen-bond donors (Lipinski definition) is 1. The van der Waals surface area contributed by atoms with E-state index < -0.39 is 0 Å². The van der Waals surface area contributed by atoms with Gasteiger partial charge in [-0.2, -0.15) is 0 Å². The summed E-state index contributed by atoms with van der Waals surface area (Å²) in [7, 11) is 0. The highest BCUT2D eigenvalue weighted by Gasteiger charge is 2.40. The molecule has 2 fully saturated rings. The molecule has 0 radical (unpaired) electrons. The lowest BCUT2D eigenvalue weighted by molar-refractivity contribution is -0.142. The largest absolute Gasteiger partial charge is 0.339 e. The van der Waals surface area contributed by atoms with Crippen LogP contribution < -0.4 is 5.32 Å². The molecule has 0 aromatic heterocycles. The van der Waals surface area contributed by atoms with Gasteiger partial charge in [0.05, 0.1) is 5.41 Å². The summed E-state index contributed by atoms with van der Waals surface area (Å²) in [4.78, 5) is 14.5. The van der Waals surface area contributed by atoms with E-state index in [9.17, 15) is 4.79 Å². The Bertz CT molecular complexity index is 246. The monoisotopic (exact) mass is 210 g/mol. The van der Waals surface area contributed by atoms with E-state index in [-0.39, 0.29) is 5.41 Å². The summed E-state index contributed by atoms with van der Waals surface area (Å²) in [5.41, 5.74) is -0.142. The van der Waals surface area contributed by atoms with Gasteiger partial charge >= 0.3 is 0 Å². The van der Waals surface area contributed by atoms with E-state index in [1.54, 1.807) is 0 Å². The van der Waals surface area contributed by atoms with E-state index in [4.69, 9.17) is 0 Å². The van der Waals surface area contributed by atoms with Gasteiger partial charge in [0.15, 0.2) is 0 Å². The molecule has 2 atom stereocenters. The van der Waals surface area contributed by atoms with Gasteiger partial charge in [-0.1, -0.05) is 0 Å². The number of amides is 1. The lowest BCUT2D eigenvalue weighted by atomic mass is 9.81. The van der Waals surface area contributed by atoms with Crippen LogP contribution in [0.15, 0.2) is 0 Å². The van der Waals surface area contributed by atoms with Gasteiger partial charge in [-0.25, -0.2) is 0 Å². The molecule has 0 saturated carbocycles. The maximum Gasteiger partial charge on any atom is 0.230 e. The Morgan fingerprint density at radius 1 is 1.47 bits per heavy atom. The number of carbonyl (C=O) groups excluding carboxylic acids is 1. The Labute approximate surface area is 92.2 Å². The fraction of sp³-hybridized carbons (Fsp3) is 0.917. The normalized spacial score (nSPS) is 36.9. The zero-order valence-electron chi connectivity index (χ0n) is 9.88. The molecule has 2 saturated heterocycles.